The van der Waals surface area contributed by atoms with E-state index in [1.807, 2.05) is 0 Å². The molecule has 1 aliphatic rings. The minimum Gasteiger partial charge on any atom is -0.490 e. The standard InChI is InChI=1S/C14H17N3O4S/c1-9-14(10(2)16-15-9)22(18,19)17-11-4-5-12-13(8-11)21-7-3-6-20-12/h4-5,8,17H,3,6-7H2,1-2H3,(H,15,16). The number of rotatable bonds is 3. The van der Waals surface area contributed by atoms with Gasteiger partial charge in [-0.1, -0.05) is 0 Å². The molecule has 0 fully saturated rings. The molecule has 8 heteroatoms. The number of aryl methyl sites for hydroxylation is 2. The number of aromatic nitrogens is 2. The maximum Gasteiger partial charge on any atom is 0.265 e. The van der Waals surface area contributed by atoms with Gasteiger partial charge in [0, 0.05) is 12.5 Å². The molecule has 0 bridgehead atoms. The highest BCUT2D eigenvalue weighted by molar-refractivity contribution is 7.92. The van der Waals surface area contributed by atoms with Gasteiger partial charge in [0.25, 0.3) is 10.0 Å². The third-order valence-corrected chi connectivity index (χ3v) is 4.97. The predicted molar refractivity (Wildman–Crippen MR) is 80.9 cm³/mol. The Morgan fingerprint density at radius 3 is 2.59 bits per heavy atom. The largest absolute Gasteiger partial charge is 0.490 e. The SMILES string of the molecule is Cc1n[nH]c(C)c1S(=O)(=O)Nc1ccc2c(c1)OCCCO2. The molecule has 0 aliphatic carbocycles. The van der Waals surface area contributed by atoms with E-state index in [4.69, 9.17) is 9.47 Å². The van der Waals surface area contributed by atoms with Crippen LogP contribution < -0.4 is 14.2 Å². The first-order valence-electron chi connectivity index (χ1n) is 6.91. The molecule has 7 nitrogen and oxygen atoms in total. The van der Waals surface area contributed by atoms with E-state index in [-0.39, 0.29) is 4.90 Å². The summed E-state index contributed by atoms with van der Waals surface area (Å²) in [5, 5.41) is 6.59. The minimum absolute atomic E-state index is 0.166. The van der Waals surface area contributed by atoms with Gasteiger partial charge in [-0.25, -0.2) is 8.42 Å². The summed E-state index contributed by atoms with van der Waals surface area (Å²) in [6, 6.07) is 4.98. The number of fused-ring (bicyclic) bond motifs is 1. The fourth-order valence-corrected chi connectivity index (χ4v) is 3.79. The second-order valence-electron chi connectivity index (χ2n) is 5.08. The maximum absolute atomic E-state index is 12.5. The molecule has 0 saturated heterocycles. The van der Waals surface area contributed by atoms with Crippen molar-refractivity contribution >= 4 is 15.7 Å². The number of H-pyrrole nitrogens is 1. The molecular formula is C14H17N3O4S. The maximum atomic E-state index is 12.5. The number of ether oxygens (including phenoxy) is 2. The summed E-state index contributed by atoms with van der Waals surface area (Å²) in [5.74, 6) is 1.16. The molecule has 0 atom stereocenters. The zero-order valence-corrected chi connectivity index (χ0v) is 13.2. The van der Waals surface area contributed by atoms with E-state index in [0.29, 0.717) is 41.8 Å². The van der Waals surface area contributed by atoms with Crippen LogP contribution in [0.3, 0.4) is 0 Å². The van der Waals surface area contributed by atoms with Crippen LogP contribution in [0.15, 0.2) is 23.1 Å². The van der Waals surface area contributed by atoms with Crippen LogP contribution >= 0.6 is 0 Å². The van der Waals surface area contributed by atoms with Crippen LogP contribution in [0.5, 0.6) is 11.5 Å². The number of nitrogens with zero attached hydrogens (tertiary/aromatic N) is 1. The van der Waals surface area contributed by atoms with Gasteiger partial charge in [-0.15, -0.1) is 0 Å². The molecule has 0 amide bonds. The molecular weight excluding hydrogens is 306 g/mol. The molecule has 2 N–H and O–H groups in total. The lowest BCUT2D eigenvalue weighted by molar-refractivity contribution is 0.297. The second-order valence-corrected chi connectivity index (χ2v) is 6.70. The molecule has 0 unspecified atom stereocenters. The molecule has 0 saturated carbocycles. The monoisotopic (exact) mass is 323 g/mol. The Bertz CT molecular complexity index is 779. The van der Waals surface area contributed by atoms with E-state index in [1.165, 1.54) is 0 Å². The Balaban J connectivity index is 1.91. The van der Waals surface area contributed by atoms with Crippen LogP contribution in [0.4, 0.5) is 5.69 Å². The number of anilines is 1. The van der Waals surface area contributed by atoms with Gasteiger partial charge in [0.05, 0.1) is 30.3 Å². The topological polar surface area (TPSA) is 93.3 Å². The number of hydrogen-bond acceptors (Lipinski definition) is 5. The summed E-state index contributed by atoms with van der Waals surface area (Å²) in [6.07, 6.45) is 0.795. The summed E-state index contributed by atoms with van der Waals surface area (Å²) in [6.45, 7) is 4.45. The van der Waals surface area contributed by atoms with Crippen molar-refractivity contribution in [3.05, 3.63) is 29.6 Å². The van der Waals surface area contributed by atoms with Crippen molar-refractivity contribution in [2.24, 2.45) is 0 Å². The van der Waals surface area contributed by atoms with Crippen molar-refractivity contribution in [3.8, 4) is 11.5 Å². The van der Waals surface area contributed by atoms with Crippen LogP contribution in [0.2, 0.25) is 0 Å². The van der Waals surface area contributed by atoms with Crippen molar-refractivity contribution in [2.45, 2.75) is 25.2 Å². The first-order chi connectivity index (χ1) is 10.5. The predicted octanol–water partition coefficient (Wildman–Crippen LogP) is 1.99. The Morgan fingerprint density at radius 1 is 1.18 bits per heavy atom. The fourth-order valence-electron chi connectivity index (χ4n) is 2.37. The van der Waals surface area contributed by atoms with Crippen molar-refractivity contribution in [1.82, 2.24) is 10.2 Å². The average molecular weight is 323 g/mol. The molecule has 0 spiro atoms. The number of sulfonamides is 1. The molecule has 0 radical (unpaired) electrons. The van der Waals surface area contributed by atoms with E-state index < -0.39 is 10.0 Å². The van der Waals surface area contributed by atoms with Gasteiger partial charge in [-0.3, -0.25) is 9.82 Å². The van der Waals surface area contributed by atoms with E-state index in [2.05, 4.69) is 14.9 Å². The quantitative estimate of drug-likeness (QED) is 0.901. The van der Waals surface area contributed by atoms with Gasteiger partial charge in [-0.05, 0) is 26.0 Å². The first-order valence-corrected chi connectivity index (χ1v) is 8.40. The zero-order chi connectivity index (χ0) is 15.7. The molecule has 1 aromatic heterocycles. The van der Waals surface area contributed by atoms with Gasteiger partial charge in [0.1, 0.15) is 4.90 Å². The Kier molecular flexibility index (Phi) is 3.69. The van der Waals surface area contributed by atoms with Crippen LogP contribution in [0.25, 0.3) is 0 Å². The van der Waals surface area contributed by atoms with Gasteiger partial charge >= 0.3 is 0 Å². The normalized spacial score (nSPS) is 14.5. The smallest absolute Gasteiger partial charge is 0.265 e. The Morgan fingerprint density at radius 2 is 1.91 bits per heavy atom. The van der Waals surface area contributed by atoms with Crippen molar-refractivity contribution in [1.29, 1.82) is 0 Å². The van der Waals surface area contributed by atoms with Crippen molar-refractivity contribution in [2.75, 3.05) is 17.9 Å². The molecule has 1 aromatic carbocycles. The molecule has 22 heavy (non-hydrogen) atoms. The Labute approximate surface area is 128 Å². The summed E-state index contributed by atoms with van der Waals surface area (Å²) in [7, 11) is -3.71. The fraction of sp³-hybridized carbons (Fsp3) is 0.357. The summed E-state index contributed by atoms with van der Waals surface area (Å²) < 4.78 is 38.6. The van der Waals surface area contributed by atoms with E-state index >= 15 is 0 Å². The van der Waals surface area contributed by atoms with Crippen molar-refractivity contribution < 1.29 is 17.9 Å². The molecule has 118 valence electrons. The Hall–Kier alpha value is -2.22. The van der Waals surface area contributed by atoms with E-state index in [0.717, 1.165) is 6.42 Å². The summed E-state index contributed by atoms with van der Waals surface area (Å²) in [4.78, 5) is 0.166. The molecule has 1 aliphatic heterocycles. The minimum atomic E-state index is -3.71. The second kappa shape index (κ2) is 5.53. The summed E-state index contributed by atoms with van der Waals surface area (Å²) in [5.41, 5.74) is 1.35. The van der Waals surface area contributed by atoms with Crippen molar-refractivity contribution in [3.63, 3.8) is 0 Å². The lowest BCUT2D eigenvalue weighted by atomic mass is 10.3. The summed E-state index contributed by atoms with van der Waals surface area (Å²) >= 11 is 0. The lowest BCUT2D eigenvalue weighted by Gasteiger charge is -2.11. The van der Waals surface area contributed by atoms with Crippen LogP contribution in [0.1, 0.15) is 17.8 Å². The van der Waals surface area contributed by atoms with Gasteiger partial charge in [0.15, 0.2) is 11.5 Å². The molecule has 2 aromatic rings. The first kappa shape index (κ1) is 14.7. The van der Waals surface area contributed by atoms with Gasteiger partial charge in [-0.2, -0.15) is 5.10 Å². The average Bonchev–Trinajstić information content (AvgIpc) is 2.68. The van der Waals surface area contributed by atoms with E-state index in [9.17, 15) is 8.42 Å². The highest BCUT2D eigenvalue weighted by Gasteiger charge is 2.23. The third kappa shape index (κ3) is 2.74. The van der Waals surface area contributed by atoms with Crippen LogP contribution in [-0.4, -0.2) is 31.8 Å². The highest BCUT2D eigenvalue weighted by Crippen LogP contribution is 2.33. The molecule has 3 rings (SSSR count). The van der Waals surface area contributed by atoms with Crippen LogP contribution in [-0.2, 0) is 10.0 Å². The number of nitrogens with one attached hydrogen (secondary N) is 2. The number of aromatic amines is 1. The van der Waals surface area contributed by atoms with Gasteiger partial charge in [0.2, 0.25) is 0 Å². The lowest BCUT2D eigenvalue weighted by Crippen LogP contribution is -2.14. The van der Waals surface area contributed by atoms with Gasteiger partial charge < -0.3 is 9.47 Å². The highest BCUT2D eigenvalue weighted by atomic mass is 32.2. The number of benzene rings is 1. The van der Waals surface area contributed by atoms with E-state index in [1.54, 1.807) is 32.0 Å². The van der Waals surface area contributed by atoms with Crippen LogP contribution in [0, 0.1) is 13.8 Å². The number of hydrogen-bond donors (Lipinski definition) is 2. The third-order valence-electron chi connectivity index (χ3n) is 3.33. The zero-order valence-electron chi connectivity index (χ0n) is 12.3. The molecule has 2 heterocycles.